The number of carbonyl (C=O) groups excluding carboxylic acids is 1. The first-order valence-corrected chi connectivity index (χ1v) is 11.1. The van der Waals surface area contributed by atoms with Crippen molar-refractivity contribution < 1.29 is 18.0 Å². The topological polar surface area (TPSA) is 88.5 Å². The van der Waals surface area contributed by atoms with Gasteiger partial charge in [-0.05, 0) is 41.1 Å². The molecule has 2 aromatic heterocycles. The lowest BCUT2D eigenvalue weighted by Crippen LogP contribution is -2.16. The number of aromatic amines is 1. The van der Waals surface area contributed by atoms with Crippen molar-refractivity contribution in [2.24, 2.45) is 7.05 Å². The first-order chi connectivity index (χ1) is 16.7. The lowest BCUT2D eigenvalue weighted by molar-refractivity contribution is -0.137. The number of halogens is 4. The zero-order valence-electron chi connectivity index (χ0n) is 18.1. The van der Waals surface area contributed by atoms with E-state index in [1.54, 1.807) is 60.1 Å². The summed E-state index contributed by atoms with van der Waals surface area (Å²) in [6, 6.07) is 17.3. The van der Waals surface area contributed by atoms with Crippen LogP contribution in [-0.2, 0) is 13.2 Å². The second kappa shape index (κ2) is 8.66. The smallest absolute Gasteiger partial charge is 0.339 e. The summed E-state index contributed by atoms with van der Waals surface area (Å²) in [6.07, 6.45) is -4.52. The third kappa shape index (κ3) is 4.18. The van der Waals surface area contributed by atoms with Crippen molar-refractivity contribution >= 4 is 38.4 Å². The molecule has 7 nitrogen and oxygen atoms in total. The molecule has 0 bridgehead atoms. The minimum absolute atomic E-state index is 0.0473. The van der Waals surface area contributed by atoms with E-state index in [9.17, 15) is 18.0 Å². The van der Waals surface area contributed by atoms with E-state index in [2.05, 4.69) is 41.9 Å². The van der Waals surface area contributed by atoms with Gasteiger partial charge in [0.15, 0.2) is 0 Å². The molecule has 0 aliphatic heterocycles. The number of para-hydroxylation sites is 1. The van der Waals surface area contributed by atoms with E-state index in [1.165, 1.54) is 12.1 Å². The first-order valence-electron chi connectivity index (χ1n) is 10.3. The van der Waals surface area contributed by atoms with E-state index >= 15 is 0 Å². The minimum Gasteiger partial charge on any atom is -0.339 e. The van der Waals surface area contributed by atoms with Crippen molar-refractivity contribution in [3.05, 3.63) is 82.5 Å². The van der Waals surface area contributed by atoms with Crippen molar-refractivity contribution in [1.82, 2.24) is 25.2 Å². The molecule has 0 radical (unpaired) electrons. The molecule has 5 rings (SSSR count). The average Bonchev–Trinajstić information content (AvgIpc) is 3.48. The molecule has 3 aromatic carbocycles. The SMILES string of the molecule is Cn1c(C(=O)Nc2ccc(Br)cc2-c2nn[nH]n2)cc2cccc(-c3ccccc3C(F)(F)F)c21. The predicted octanol–water partition coefficient (Wildman–Crippen LogP) is 6.06. The normalized spacial score (nSPS) is 11.7. The predicted molar refractivity (Wildman–Crippen MR) is 129 cm³/mol. The van der Waals surface area contributed by atoms with Crippen molar-refractivity contribution in [2.45, 2.75) is 6.18 Å². The molecular formula is C24H16BrF3N6O. The summed E-state index contributed by atoms with van der Waals surface area (Å²) < 4.78 is 43.5. The molecule has 0 saturated carbocycles. The van der Waals surface area contributed by atoms with Crippen molar-refractivity contribution in [1.29, 1.82) is 0 Å². The van der Waals surface area contributed by atoms with Gasteiger partial charge in [-0.1, -0.05) is 52.3 Å². The Labute approximate surface area is 205 Å². The van der Waals surface area contributed by atoms with Crippen LogP contribution in [0.2, 0.25) is 0 Å². The number of H-pyrrole nitrogens is 1. The molecule has 11 heteroatoms. The Bertz CT molecular complexity index is 1560. The summed E-state index contributed by atoms with van der Waals surface area (Å²) in [6.45, 7) is 0. The van der Waals surface area contributed by atoms with Gasteiger partial charge < -0.3 is 9.88 Å². The maximum absolute atomic E-state index is 13.7. The van der Waals surface area contributed by atoms with Crippen LogP contribution in [0.15, 0.2) is 71.2 Å². The Morgan fingerprint density at radius 1 is 1.00 bits per heavy atom. The molecule has 0 saturated heterocycles. The van der Waals surface area contributed by atoms with Gasteiger partial charge in [0.1, 0.15) is 5.69 Å². The Hall–Kier alpha value is -3.99. The highest BCUT2D eigenvalue weighted by molar-refractivity contribution is 9.10. The Morgan fingerprint density at radius 3 is 2.51 bits per heavy atom. The fourth-order valence-corrected chi connectivity index (χ4v) is 4.45. The summed E-state index contributed by atoms with van der Waals surface area (Å²) in [5.41, 5.74) is 1.48. The van der Waals surface area contributed by atoms with Gasteiger partial charge in [-0.15, -0.1) is 10.2 Å². The monoisotopic (exact) mass is 540 g/mol. The van der Waals surface area contributed by atoms with E-state index in [0.29, 0.717) is 33.5 Å². The Balaban J connectivity index is 1.59. The van der Waals surface area contributed by atoms with Crippen molar-refractivity contribution in [3.63, 3.8) is 0 Å². The number of nitrogens with one attached hydrogen (secondary N) is 2. The van der Waals surface area contributed by atoms with Crippen LogP contribution in [0.1, 0.15) is 16.1 Å². The standard InChI is InChI=1S/C24H16BrF3N6O/c1-34-20(23(35)29-19-10-9-14(25)12-17(19)22-30-32-33-31-22)11-13-5-4-7-16(21(13)34)15-6-2-3-8-18(15)24(26,27)28/h2-12H,1H3,(H,29,35)(H,30,31,32,33). The molecule has 0 aliphatic carbocycles. The number of aryl methyl sites for hydroxylation is 1. The van der Waals surface area contributed by atoms with Crippen molar-refractivity contribution in [2.75, 3.05) is 5.32 Å². The molecule has 0 fully saturated rings. The van der Waals surface area contributed by atoms with Crippen LogP contribution < -0.4 is 5.32 Å². The van der Waals surface area contributed by atoms with Gasteiger partial charge in [0.2, 0.25) is 5.82 Å². The molecule has 5 aromatic rings. The largest absolute Gasteiger partial charge is 0.417 e. The maximum Gasteiger partial charge on any atom is 0.417 e. The zero-order valence-corrected chi connectivity index (χ0v) is 19.6. The van der Waals surface area contributed by atoms with Gasteiger partial charge in [0.25, 0.3) is 5.91 Å². The van der Waals surface area contributed by atoms with E-state index < -0.39 is 17.6 Å². The zero-order chi connectivity index (χ0) is 24.7. The second-order valence-corrected chi connectivity index (χ2v) is 8.67. The van der Waals surface area contributed by atoms with Gasteiger partial charge in [0, 0.05) is 28.0 Å². The highest BCUT2D eigenvalue weighted by Gasteiger charge is 2.34. The summed E-state index contributed by atoms with van der Waals surface area (Å²) in [5.74, 6) is -0.143. The second-order valence-electron chi connectivity index (χ2n) is 7.75. The van der Waals surface area contributed by atoms with Crippen LogP contribution in [0.4, 0.5) is 18.9 Å². The van der Waals surface area contributed by atoms with Crippen LogP contribution in [0.3, 0.4) is 0 Å². The molecule has 0 atom stereocenters. The number of hydrogen-bond acceptors (Lipinski definition) is 4. The van der Waals surface area contributed by atoms with Gasteiger partial charge in [-0.3, -0.25) is 4.79 Å². The molecule has 0 spiro atoms. The van der Waals surface area contributed by atoms with Crippen molar-refractivity contribution in [3.8, 4) is 22.5 Å². The molecule has 176 valence electrons. The fraction of sp³-hybridized carbons (Fsp3) is 0.0833. The number of aromatic nitrogens is 5. The number of rotatable bonds is 4. The average molecular weight is 541 g/mol. The number of benzene rings is 3. The maximum atomic E-state index is 13.7. The molecule has 2 heterocycles. The molecule has 35 heavy (non-hydrogen) atoms. The number of carbonyl (C=O) groups is 1. The van der Waals surface area contributed by atoms with E-state index in [1.807, 2.05) is 0 Å². The van der Waals surface area contributed by atoms with Crippen LogP contribution >= 0.6 is 15.9 Å². The molecule has 2 N–H and O–H groups in total. The van der Waals surface area contributed by atoms with Crippen LogP contribution in [0.5, 0.6) is 0 Å². The first kappa shape index (κ1) is 22.8. The lowest BCUT2D eigenvalue weighted by Gasteiger charge is -2.15. The summed E-state index contributed by atoms with van der Waals surface area (Å²) in [4.78, 5) is 13.3. The highest BCUT2D eigenvalue weighted by Crippen LogP contribution is 2.40. The highest BCUT2D eigenvalue weighted by atomic mass is 79.9. The van der Waals surface area contributed by atoms with Gasteiger partial charge in [0.05, 0.1) is 16.8 Å². The number of alkyl halides is 3. The summed E-state index contributed by atoms with van der Waals surface area (Å²) >= 11 is 3.39. The van der Waals surface area contributed by atoms with Gasteiger partial charge >= 0.3 is 6.18 Å². The van der Waals surface area contributed by atoms with Crippen LogP contribution in [0, 0.1) is 0 Å². The van der Waals surface area contributed by atoms with Crippen LogP contribution in [0.25, 0.3) is 33.4 Å². The van der Waals surface area contributed by atoms with Gasteiger partial charge in [-0.2, -0.15) is 18.4 Å². The summed E-state index contributed by atoms with van der Waals surface area (Å²) in [5, 5.41) is 17.4. The van der Waals surface area contributed by atoms with Gasteiger partial charge in [-0.25, -0.2) is 0 Å². The summed E-state index contributed by atoms with van der Waals surface area (Å²) in [7, 11) is 1.65. The Kier molecular flexibility index (Phi) is 5.64. The number of nitrogens with zero attached hydrogens (tertiary/aromatic N) is 4. The molecule has 1 amide bonds. The number of hydrogen-bond donors (Lipinski definition) is 2. The molecule has 0 aliphatic rings. The Morgan fingerprint density at radius 2 is 1.77 bits per heavy atom. The lowest BCUT2D eigenvalue weighted by atomic mass is 9.97. The minimum atomic E-state index is -4.52. The van der Waals surface area contributed by atoms with Crippen LogP contribution in [-0.4, -0.2) is 31.1 Å². The molecular weight excluding hydrogens is 525 g/mol. The third-order valence-electron chi connectivity index (χ3n) is 5.63. The van der Waals surface area contributed by atoms with E-state index in [4.69, 9.17) is 0 Å². The third-order valence-corrected chi connectivity index (χ3v) is 6.12. The molecule has 0 unspecified atom stereocenters. The quantitative estimate of drug-likeness (QED) is 0.290. The fourth-order valence-electron chi connectivity index (χ4n) is 4.09. The number of fused-ring (bicyclic) bond motifs is 1. The number of amides is 1. The number of anilines is 1. The van der Waals surface area contributed by atoms with E-state index in [-0.39, 0.29) is 11.3 Å². The number of tetrazole rings is 1. The van der Waals surface area contributed by atoms with E-state index in [0.717, 1.165) is 10.5 Å².